The van der Waals surface area contributed by atoms with Crippen LogP contribution in [0.5, 0.6) is 5.75 Å². The molecule has 0 radical (unpaired) electrons. The second-order valence-electron chi connectivity index (χ2n) is 10.3. The number of aromatic nitrogens is 4. The van der Waals surface area contributed by atoms with Crippen LogP contribution in [-0.2, 0) is 15.9 Å². The molecule has 1 fully saturated rings. The monoisotopic (exact) mass is 577 g/mol. The van der Waals surface area contributed by atoms with Crippen molar-refractivity contribution in [2.24, 2.45) is 11.7 Å². The van der Waals surface area contributed by atoms with Crippen LogP contribution in [-0.4, -0.2) is 71.7 Å². The fourth-order valence-corrected chi connectivity index (χ4v) is 5.37. The summed E-state index contributed by atoms with van der Waals surface area (Å²) >= 11 is 0. The first-order valence-corrected chi connectivity index (χ1v) is 13.8. The molecule has 0 saturated carbocycles. The number of methoxy groups -OCH3 is 1. The molecule has 4 heterocycles. The average Bonchev–Trinajstić information content (AvgIpc) is 3.36. The molecular weight excluding hydrogens is 544 g/mol. The molecule has 4 aromatic rings. The van der Waals surface area contributed by atoms with E-state index in [-0.39, 0.29) is 41.7 Å². The SMILES string of the molecule is COCCOc1cc(F)c(-c2ccc3cnc(Cc4cnccc4N4C[C@@H](N)[C@@H](OCCC#N)[C@@H](C)C4)n3n2)c(F)c1. The Hall–Kier alpha value is -4.18. The molecule has 1 saturated heterocycles. The summed E-state index contributed by atoms with van der Waals surface area (Å²) in [6.45, 7) is 4.22. The van der Waals surface area contributed by atoms with Gasteiger partial charge < -0.3 is 24.8 Å². The van der Waals surface area contributed by atoms with Gasteiger partial charge in [-0.25, -0.2) is 18.3 Å². The Morgan fingerprint density at radius 1 is 1.10 bits per heavy atom. The Morgan fingerprint density at radius 3 is 2.64 bits per heavy atom. The number of pyridine rings is 1. The summed E-state index contributed by atoms with van der Waals surface area (Å²) in [5, 5.41) is 13.4. The van der Waals surface area contributed by atoms with E-state index in [1.165, 1.54) is 7.11 Å². The Morgan fingerprint density at radius 2 is 1.90 bits per heavy atom. The summed E-state index contributed by atoms with van der Waals surface area (Å²) in [4.78, 5) is 11.1. The van der Waals surface area contributed by atoms with Gasteiger partial charge in [0.25, 0.3) is 0 Å². The van der Waals surface area contributed by atoms with Crippen molar-refractivity contribution in [3.8, 4) is 23.1 Å². The normalized spacial score (nSPS) is 18.8. The van der Waals surface area contributed by atoms with E-state index in [0.717, 1.165) is 29.9 Å². The molecule has 0 amide bonds. The van der Waals surface area contributed by atoms with Crippen LogP contribution in [0.1, 0.15) is 24.7 Å². The molecule has 0 spiro atoms. The highest BCUT2D eigenvalue weighted by atomic mass is 19.1. The Bertz CT molecular complexity index is 1540. The van der Waals surface area contributed by atoms with Crippen LogP contribution in [0.4, 0.5) is 14.5 Å². The fraction of sp³-hybridized carbons (Fsp3) is 0.400. The quantitative estimate of drug-likeness (QED) is 0.265. The molecule has 3 aromatic heterocycles. The standard InChI is InChI=1S/C30H33F2N7O3/c1-19-17-38(18-25(34)30(19)42-9-3-7-33)27-6-8-35-15-20(27)12-28-36-16-21-4-5-26(37-39(21)28)29-23(31)13-22(14-24(29)32)41-11-10-40-2/h4-6,8,13-16,19,25,30H,3,9-12,17-18,34H2,1-2H3/t19-,25+,30-/m0/s1. The molecule has 1 aliphatic heterocycles. The van der Waals surface area contributed by atoms with Crippen LogP contribution in [0, 0.1) is 28.9 Å². The molecule has 10 nitrogen and oxygen atoms in total. The summed E-state index contributed by atoms with van der Waals surface area (Å²) in [6.07, 6.45) is 5.77. The molecule has 42 heavy (non-hydrogen) atoms. The van der Waals surface area contributed by atoms with Crippen molar-refractivity contribution in [1.29, 1.82) is 5.26 Å². The van der Waals surface area contributed by atoms with Gasteiger partial charge in [-0.3, -0.25) is 4.98 Å². The number of hydrogen-bond donors (Lipinski definition) is 1. The van der Waals surface area contributed by atoms with Crippen LogP contribution in [0.25, 0.3) is 16.8 Å². The number of nitrogens with two attached hydrogens (primary N) is 1. The number of imidazole rings is 1. The molecule has 3 atom stereocenters. The van der Waals surface area contributed by atoms with Crippen LogP contribution in [0.15, 0.2) is 48.9 Å². The van der Waals surface area contributed by atoms with Gasteiger partial charge in [-0.15, -0.1) is 0 Å². The largest absolute Gasteiger partial charge is 0.491 e. The molecule has 2 N–H and O–H groups in total. The third-order valence-corrected chi connectivity index (χ3v) is 7.30. The lowest BCUT2D eigenvalue weighted by molar-refractivity contribution is -0.00335. The van der Waals surface area contributed by atoms with Crippen molar-refractivity contribution in [2.45, 2.75) is 31.9 Å². The Kier molecular flexibility index (Phi) is 9.22. The van der Waals surface area contributed by atoms with E-state index in [1.54, 1.807) is 35.2 Å². The molecule has 1 aliphatic rings. The number of halogens is 2. The highest BCUT2D eigenvalue weighted by Crippen LogP contribution is 2.31. The topological polar surface area (TPSA) is 124 Å². The average molecular weight is 578 g/mol. The number of anilines is 1. The minimum atomic E-state index is -0.782. The first-order chi connectivity index (χ1) is 20.4. The van der Waals surface area contributed by atoms with Crippen molar-refractivity contribution < 1.29 is 23.0 Å². The van der Waals surface area contributed by atoms with Crippen LogP contribution >= 0.6 is 0 Å². The maximum absolute atomic E-state index is 15.1. The maximum Gasteiger partial charge on any atom is 0.139 e. The van der Waals surface area contributed by atoms with Gasteiger partial charge in [0, 0.05) is 74.4 Å². The zero-order valence-electron chi connectivity index (χ0n) is 23.5. The number of rotatable bonds is 11. The molecule has 0 aliphatic carbocycles. The molecule has 1 aromatic carbocycles. The Balaban J connectivity index is 1.39. The lowest BCUT2D eigenvalue weighted by Gasteiger charge is -2.42. The van der Waals surface area contributed by atoms with Crippen LogP contribution in [0.3, 0.4) is 0 Å². The second kappa shape index (κ2) is 13.2. The first kappa shape index (κ1) is 29.3. The second-order valence-corrected chi connectivity index (χ2v) is 10.3. The predicted octanol–water partition coefficient (Wildman–Crippen LogP) is 3.77. The zero-order chi connectivity index (χ0) is 29.6. The molecule has 0 unspecified atom stereocenters. The number of nitrogens with zero attached hydrogens (tertiary/aromatic N) is 6. The summed E-state index contributed by atoms with van der Waals surface area (Å²) in [6, 6.07) is 9.38. The molecule has 5 rings (SSSR count). The number of hydrogen-bond acceptors (Lipinski definition) is 9. The number of benzene rings is 1. The van der Waals surface area contributed by atoms with Gasteiger partial charge >= 0.3 is 0 Å². The van der Waals surface area contributed by atoms with Crippen molar-refractivity contribution in [2.75, 3.05) is 44.9 Å². The van der Waals surface area contributed by atoms with Gasteiger partial charge in [-0.05, 0) is 18.2 Å². The maximum atomic E-state index is 15.1. The first-order valence-electron chi connectivity index (χ1n) is 13.8. The fourth-order valence-electron chi connectivity index (χ4n) is 5.37. The van der Waals surface area contributed by atoms with Gasteiger partial charge in [0.1, 0.15) is 29.8 Å². The van der Waals surface area contributed by atoms with Crippen LogP contribution < -0.4 is 15.4 Å². The number of nitriles is 1. The lowest BCUT2D eigenvalue weighted by Crippen LogP contribution is -2.57. The highest BCUT2D eigenvalue weighted by Gasteiger charge is 2.34. The van der Waals surface area contributed by atoms with Crippen molar-refractivity contribution in [1.82, 2.24) is 19.6 Å². The van der Waals surface area contributed by atoms with E-state index in [4.69, 9.17) is 25.2 Å². The highest BCUT2D eigenvalue weighted by molar-refractivity contribution is 5.64. The smallest absolute Gasteiger partial charge is 0.139 e. The van der Waals surface area contributed by atoms with Crippen molar-refractivity contribution in [3.05, 3.63) is 71.9 Å². The van der Waals surface area contributed by atoms with Gasteiger partial charge in [0.2, 0.25) is 0 Å². The van der Waals surface area contributed by atoms with Crippen LogP contribution in [0.2, 0.25) is 0 Å². The minimum absolute atomic E-state index is 0.0751. The van der Waals surface area contributed by atoms with E-state index < -0.39 is 11.6 Å². The molecule has 0 bridgehead atoms. The summed E-state index contributed by atoms with van der Waals surface area (Å²) < 4.78 is 47.9. The van der Waals surface area contributed by atoms with Gasteiger partial charge in [0.05, 0.1) is 54.8 Å². The van der Waals surface area contributed by atoms with Gasteiger partial charge in [-0.1, -0.05) is 6.92 Å². The van der Waals surface area contributed by atoms with Gasteiger partial charge in [0.15, 0.2) is 0 Å². The third kappa shape index (κ3) is 6.33. The molecule has 12 heteroatoms. The predicted molar refractivity (Wildman–Crippen MR) is 152 cm³/mol. The molecule has 220 valence electrons. The van der Waals surface area contributed by atoms with Crippen molar-refractivity contribution >= 4 is 11.2 Å². The number of ether oxygens (including phenoxy) is 3. The molecular formula is C30H33F2N7O3. The van der Waals surface area contributed by atoms with E-state index in [1.807, 2.05) is 6.07 Å². The summed E-state index contributed by atoms with van der Waals surface area (Å²) in [7, 11) is 1.52. The summed E-state index contributed by atoms with van der Waals surface area (Å²) in [5.74, 6) is -0.752. The van der Waals surface area contributed by atoms with Gasteiger partial charge in [-0.2, -0.15) is 10.4 Å². The van der Waals surface area contributed by atoms with E-state index in [9.17, 15) is 0 Å². The van der Waals surface area contributed by atoms with E-state index >= 15 is 8.78 Å². The van der Waals surface area contributed by atoms with E-state index in [2.05, 4.69) is 33.0 Å². The third-order valence-electron chi connectivity index (χ3n) is 7.30. The van der Waals surface area contributed by atoms with E-state index in [0.29, 0.717) is 43.9 Å². The Labute approximate surface area is 242 Å². The number of fused-ring (bicyclic) bond motifs is 1. The minimum Gasteiger partial charge on any atom is -0.491 e. The van der Waals surface area contributed by atoms with Crippen molar-refractivity contribution in [3.63, 3.8) is 0 Å². The summed E-state index contributed by atoms with van der Waals surface area (Å²) in [5.41, 5.74) is 8.96. The lowest BCUT2D eigenvalue weighted by atomic mass is 9.91. The zero-order valence-corrected chi connectivity index (χ0v) is 23.5. The number of piperidine rings is 1.